The number of amides is 1. The Morgan fingerprint density at radius 3 is 2.48 bits per heavy atom. The molecule has 2 heterocycles. The number of hydrogen-bond donors (Lipinski definition) is 2. The zero-order valence-electron chi connectivity index (χ0n) is 14.8. The van der Waals surface area contributed by atoms with Crippen LogP contribution in [0.3, 0.4) is 0 Å². The van der Waals surface area contributed by atoms with Gasteiger partial charge in [-0.3, -0.25) is 14.0 Å². The van der Waals surface area contributed by atoms with Gasteiger partial charge in [0.1, 0.15) is 0 Å². The number of aliphatic hydroxyl groups is 1. The van der Waals surface area contributed by atoms with Crippen LogP contribution in [0.4, 0.5) is 0 Å². The van der Waals surface area contributed by atoms with E-state index in [0.717, 1.165) is 16.6 Å². The Kier molecular flexibility index (Phi) is 6.27. The summed E-state index contributed by atoms with van der Waals surface area (Å²) in [5.41, 5.74) is 2.94. The van der Waals surface area contributed by atoms with Gasteiger partial charge in [-0.15, -0.1) is 0 Å². The summed E-state index contributed by atoms with van der Waals surface area (Å²) in [6.45, 7) is 0.497. The van der Waals surface area contributed by atoms with Crippen molar-refractivity contribution in [2.45, 2.75) is 25.8 Å². The molecule has 2 N–H and O–H groups in total. The monoisotopic (exact) mass is 384 g/mol. The molecule has 0 unspecified atom stereocenters. The molecule has 0 fully saturated rings. The molecular formula is C21H21ClN2O3. The van der Waals surface area contributed by atoms with Gasteiger partial charge >= 0.3 is 0 Å². The van der Waals surface area contributed by atoms with E-state index >= 15 is 0 Å². The lowest BCUT2D eigenvalue weighted by atomic mass is 10.1. The van der Waals surface area contributed by atoms with Crippen LogP contribution < -0.4 is 10.9 Å². The minimum atomic E-state index is -0.210. The molecule has 0 aliphatic heterocycles. The smallest absolute Gasteiger partial charge is 0.258 e. The van der Waals surface area contributed by atoms with Gasteiger partial charge in [-0.25, -0.2) is 0 Å². The molecule has 0 saturated heterocycles. The van der Waals surface area contributed by atoms with Gasteiger partial charge in [0.25, 0.3) is 5.56 Å². The summed E-state index contributed by atoms with van der Waals surface area (Å²) < 4.78 is 1.56. The molecular weight excluding hydrogens is 364 g/mol. The minimum Gasteiger partial charge on any atom is -0.396 e. The van der Waals surface area contributed by atoms with Gasteiger partial charge in [0, 0.05) is 35.5 Å². The quantitative estimate of drug-likeness (QED) is 0.658. The average molecular weight is 385 g/mol. The summed E-state index contributed by atoms with van der Waals surface area (Å²) in [7, 11) is 0. The van der Waals surface area contributed by atoms with E-state index in [-0.39, 0.29) is 24.5 Å². The number of nitrogens with one attached hydrogen (secondary N) is 1. The van der Waals surface area contributed by atoms with E-state index in [2.05, 4.69) is 5.32 Å². The number of pyridine rings is 2. The molecule has 1 aromatic carbocycles. The third-order valence-corrected chi connectivity index (χ3v) is 4.62. The number of rotatable bonds is 7. The van der Waals surface area contributed by atoms with Crippen molar-refractivity contribution in [3.63, 3.8) is 0 Å². The molecule has 0 spiro atoms. The van der Waals surface area contributed by atoms with Crippen molar-refractivity contribution in [2.24, 2.45) is 0 Å². The number of benzene rings is 1. The summed E-state index contributed by atoms with van der Waals surface area (Å²) >= 11 is 5.85. The Bertz CT molecular complexity index is 996. The Morgan fingerprint density at radius 2 is 1.74 bits per heavy atom. The Balaban J connectivity index is 1.71. The molecule has 6 heteroatoms. The summed E-state index contributed by atoms with van der Waals surface area (Å²) in [5, 5.41) is 12.4. The highest BCUT2D eigenvalue weighted by atomic mass is 35.5. The fourth-order valence-corrected chi connectivity index (χ4v) is 3.01. The normalized spacial score (nSPS) is 10.9. The molecule has 1 amide bonds. The number of carbonyl (C=O) groups is 1. The van der Waals surface area contributed by atoms with E-state index in [0.29, 0.717) is 30.0 Å². The molecule has 140 valence electrons. The Morgan fingerprint density at radius 1 is 1.04 bits per heavy atom. The van der Waals surface area contributed by atoms with Gasteiger partial charge in [-0.2, -0.15) is 0 Å². The van der Waals surface area contributed by atoms with Crippen LogP contribution in [-0.2, 0) is 24.2 Å². The fourth-order valence-electron chi connectivity index (χ4n) is 2.88. The van der Waals surface area contributed by atoms with E-state index in [1.165, 1.54) is 0 Å². The first kappa shape index (κ1) is 19.1. The predicted molar refractivity (Wildman–Crippen MR) is 106 cm³/mol. The van der Waals surface area contributed by atoms with Crippen molar-refractivity contribution in [3.8, 4) is 0 Å². The number of aromatic nitrogens is 1. The number of nitrogens with zero attached hydrogens (tertiary/aromatic N) is 1. The van der Waals surface area contributed by atoms with Crippen LogP contribution in [0.5, 0.6) is 0 Å². The Hall–Kier alpha value is -2.63. The van der Waals surface area contributed by atoms with Crippen LogP contribution >= 0.6 is 11.6 Å². The zero-order valence-corrected chi connectivity index (χ0v) is 15.6. The summed E-state index contributed by atoms with van der Waals surface area (Å²) in [4.78, 5) is 25.0. The highest BCUT2D eigenvalue weighted by Crippen LogP contribution is 2.10. The van der Waals surface area contributed by atoms with Crippen LogP contribution in [0, 0.1) is 0 Å². The highest BCUT2D eigenvalue weighted by molar-refractivity contribution is 6.30. The minimum absolute atomic E-state index is 0.0240. The molecule has 0 atom stereocenters. The average Bonchev–Trinajstić information content (AvgIpc) is 2.68. The van der Waals surface area contributed by atoms with E-state index in [1.54, 1.807) is 28.8 Å². The number of carbonyl (C=O) groups excluding carboxylic acids is 1. The molecule has 3 aromatic rings. The van der Waals surface area contributed by atoms with E-state index < -0.39 is 0 Å². The topological polar surface area (TPSA) is 70.8 Å². The van der Waals surface area contributed by atoms with Gasteiger partial charge in [0.15, 0.2) is 0 Å². The van der Waals surface area contributed by atoms with E-state index in [9.17, 15) is 9.59 Å². The maximum absolute atomic E-state index is 12.7. The number of fused-ring (bicyclic) bond motifs is 1. The van der Waals surface area contributed by atoms with Crippen LogP contribution in [0.15, 0.2) is 59.5 Å². The molecule has 3 rings (SSSR count). The molecule has 0 aliphatic carbocycles. The van der Waals surface area contributed by atoms with Crippen molar-refractivity contribution < 1.29 is 9.90 Å². The second-order valence-corrected chi connectivity index (χ2v) is 6.84. The lowest BCUT2D eigenvalue weighted by molar-refractivity contribution is -0.120. The fraction of sp³-hybridized carbons (Fsp3) is 0.238. The molecule has 0 bridgehead atoms. The van der Waals surface area contributed by atoms with Crippen LogP contribution in [0.25, 0.3) is 5.52 Å². The number of hydrogen-bond acceptors (Lipinski definition) is 3. The largest absolute Gasteiger partial charge is 0.396 e. The van der Waals surface area contributed by atoms with Crippen LogP contribution in [0.2, 0.25) is 5.02 Å². The lowest BCUT2D eigenvalue weighted by Gasteiger charge is -2.08. The van der Waals surface area contributed by atoms with Crippen molar-refractivity contribution in [2.75, 3.05) is 6.61 Å². The standard InChI is InChI=1S/C21H21ClN2O3/c22-18-7-3-15(4-8-18)13-23-20(26)12-17-6-10-19-9-5-16(2-1-11-25)14-24(19)21(17)27/h3-10,14,25H,1-2,11-13H2,(H,23,26). The first-order chi connectivity index (χ1) is 13.1. The molecule has 5 nitrogen and oxygen atoms in total. The van der Waals surface area contributed by atoms with E-state index in [4.69, 9.17) is 16.7 Å². The van der Waals surface area contributed by atoms with Gasteiger partial charge in [0.2, 0.25) is 5.91 Å². The maximum atomic E-state index is 12.7. The number of halogens is 1. The molecule has 27 heavy (non-hydrogen) atoms. The first-order valence-electron chi connectivity index (χ1n) is 8.82. The third kappa shape index (κ3) is 4.96. The lowest BCUT2D eigenvalue weighted by Crippen LogP contribution is -2.28. The number of aryl methyl sites for hydroxylation is 1. The van der Waals surface area contributed by atoms with Gasteiger partial charge in [0.05, 0.1) is 6.42 Å². The molecule has 0 saturated carbocycles. The predicted octanol–water partition coefficient (Wildman–Crippen LogP) is 2.74. The molecule has 2 aromatic heterocycles. The van der Waals surface area contributed by atoms with Gasteiger partial charge < -0.3 is 10.4 Å². The summed E-state index contributed by atoms with van der Waals surface area (Å²) in [5.74, 6) is -0.210. The highest BCUT2D eigenvalue weighted by Gasteiger charge is 2.09. The van der Waals surface area contributed by atoms with E-state index in [1.807, 2.05) is 30.3 Å². The van der Waals surface area contributed by atoms with Gasteiger partial charge in [-0.05, 0) is 48.2 Å². The van der Waals surface area contributed by atoms with Crippen LogP contribution in [0.1, 0.15) is 23.1 Å². The number of aliphatic hydroxyl groups excluding tert-OH is 1. The van der Waals surface area contributed by atoms with Gasteiger partial charge in [-0.1, -0.05) is 35.9 Å². The second-order valence-electron chi connectivity index (χ2n) is 6.40. The van der Waals surface area contributed by atoms with Crippen molar-refractivity contribution in [1.82, 2.24) is 9.72 Å². The van der Waals surface area contributed by atoms with Crippen molar-refractivity contribution in [1.29, 1.82) is 0 Å². The second kappa shape index (κ2) is 8.84. The first-order valence-corrected chi connectivity index (χ1v) is 9.20. The Labute approximate surface area is 162 Å². The van der Waals surface area contributed by atoms with Crippen molar-refractivity contribution >= 4 is 23.0 Å². The summed E-state index contributed by atoms with van der Waals surface area (Å²) in [6.07, 6.45) is 3.15. The third-order valence-electron chi connectivity index (χ3n) is 4.37. The zero-order chi connectivity index (χ0) is 19.2. The van der Waals surface area contributed by atoms with Crippen molar-refractivity contribution in [3.05, 3.63) is 86.8 Å². The SMILES string of the molecule is O=C(Cc1ccc2ccc(CCCO)cn2c1=O)NCc1ccc(Cl)cc1. The maximum Gasteiger partial charge on any atom is 0.258 e. The summed E-state index contributed by atoms with van der Waals surface area (Å²) in [6, 6.07) is 14.6. The molecule has 0 radical (unpaired) electrons. The molecule has 0 aliphatic rings. The van der Waals surface area contributed by atoms with Crippen LogP contribution in [-0.4, -0.2) is 22.0 Å².